The summed E-state index contributed by atoms with van der Waals surface area (Å²) in [6.07, 6.45) is 3.35. The number of carboxylic acids is 1. The Labute approximate surface area is 240 Å². The molecule has 0 bridgehead atoms. The quantitative estimate of drug-likeness (QED) is 0.131. The highest BCUT2D eigenvalue weighted by atomic mass is 16.4. The topological polar surface area (TPSA) is 126 Å². The molecule has 0 spiro atoms. The molecule has 1 heterocycles. The predicted octanol–water partition coefficient (Wildman–Crippen LogP) is 4.24. The fraction of sp³-hybridized carbons (Fsp3) is 0.364. The summed E-state index contributed by atoms with van der Waals surface area (Å²) in [5.74, 6) is -0.779. The van der Waals surface area contributed by atoms with E-state index in [4.69, 9.17) is 9.52 Å². The van der Waals surface area contributed by atoms with Gasteiger partial charge in [-0.1, -0.05) is 18.9 Å². The van der Waals surface area contributed by atoms with E-state index < -0.39 is 5.97 Å². The van der Waals surface area contributed by atoms with E-state index in [9.17, 15) is 14.7 Å². The molecule has 41 heavy (non-hydrogen) atoms. The number of carbonyl (C=O) groups excluding carboxylic acids is 1. The van der Waals surface area contributed by atoms with Crippen molar-refractivity contribution in [2.24, 2.45) is 0 Å². The maximum absolute atomic E-state index is 12.9. The number of aromatic carboxylic acids is 1. The second-order valence-corrected chi connectivity index (χ2v) is 10.3. The third-order valence-electron chi connectivity index (χ3n) is 7.30. The summed E-state index contributed by atoms with van der Waals surface area (Å²) in [4.78, 5) is 28.9. The van der Waals surface area contributed by atoms with Crippen molar-refractivity contribution in [3.05, 3.63) is 70.1 Å². The molecule has 0 unspecified atom stereocenters. The van der Waals surface area contributed by atoms with Crippen molar-refractivity contribution in [1.29, 1.82) is 0 Å². The van der Waals surface area contributed by atoms with E-state index in [1.54, 1.807) is 12.1 Å². The second-order valence-electron chi connectivity index (χ2n) is 10.3. The van der Waals surface area contributed by atoms with Gasteiger partial charge in [0.1, 0.15) is 17.9 Å². The van der Waals surface area contributed by atoms with Crippen LogP contribution >= 0.6 is 0 Å². The molecule has 216 valence electrons. The van der Waals surface area contributed by atoms with Gasteiger partial charge < -0.3 is 25.3 Å². The molecule has 2 aromatic rings. The number of anilines is 1. The summed E-state index contributed by atoms with van der Waals surface area (Å²) < 4.78 is 6.43. The van der Waals surface area contributed by atoms with Crippen molar-refractivity contribution >= 4 is 28.5 Å². The fourth-order valence-corrected chi connectivity index (χ4v) is 5.23. The lowest BCUT2D eigenvalue weighted by Crippen LogP contribution is -2.76. The van der Waals surface area contributed by atoms with Crippen LogP contribution in [0.5, 0.6) is 0 Å². The smallest absolute Gasteiger partial charge is 0.336 e. The number of carbonyl (C=O) groups is 2. The van der Waals surface area contributed by atoms with Crippen LogP contribution in [0.15, 0.2) is 46.9 Å². The zero-order chi connectivity index (χ0) is 29.5. The summed E-state index contributed by atoms with van der Waals surface area (Å²) in [5.41, 5.74) is 6.06. The van der Waals surface area contributed by atoms with Crippen molar-refractivity contribution in [2.45, 2.75) is 53.4 Å². The summed E-state index contributed by atoms with van der Waals surface area (Å²) in [6, 6.07) is 12.9. The number of aliphatic hydroxyl groups excluding tert-OH is 1. The molecule has 1 amide bonds. The molecule has 0 radical (unpaired) electrons. The van der Waals surface area contributed by atoms with Crippen LogP contribution in [0.25, 0.3) is 33.4 Å². The third kappa shape index (κ3) is 6.60. The molecule has 2 aromatic carbocycles. The number of benzene rings is 3. The number of rotatable bonds is 12. The first-order valence-electron chi connectivity index (χ1n) is 14.4. The summed E-state index contributed by atoms with van der Waals surface area (Å²) >= 11 is 0. The van der Waals surface area contributed by atoms with Crippen LogP contribution in [0.1, 0.15) is 71.4 Å². The van der Waals surface area contributed by atoms with Crippen LogP contribution in [-0.4, -0.2) is 48.3 Å². The summed E-state index contributed by atoms with van der Waals surface area (Å²) in [7, 11) is 0. The SMILES string of the molecule is CCNc1cc2oc3cc(=[NH+]CC)c(C)cc-3c(-c3ccc(C(=O)NCCCCCCO)cc3C(=O)O)c2cc1C. The molecule has 8 nitrogen and oxygen atoms in total. The Balaban J connectivity index is 1.88. The van der Waals surface area contributed by atoms with Gasteiger partial charge in [0.15, 0.2) is 0 Å². The number of fused-ring (bicyclic) bond motifs is 2. The molecule has 0 saturated carbocycles. The molecule has 5 N–H and O–H groups in total. The minimum Gasteiger partial charge on any atom is -0.478 e. The van der Waals surface area contributed by atoms with E-state index in [0.717, 1.165) is 77.5 Å². The molecule has 1 aliphatic carbocycles. The van der Waals surface area contributed by atoms with Crippen LogP contribution in [0, 0.1) is 13.8 Å². The standard InChI is InChI=1S/C33H39N3O5/c1-5-34-27-18-29-25(15-20(27)3)31(26-16-21(4)28(35-6-2)19-30(26)41-29)23-12-11-22(17-24(23)33(39)40)32(38)36-13-9-7-8-10-14-37/h11-12,15-19,34,37H,5-10,13-14H2,1-4H3,(H,36,38)(H,39,40)/p+1. The molecule has 0 atom stereocenters. The molecule has 0 saturated heterocycles. The number of unbranched alkanes of at least 4 members (excludes halogenated alkanes) is 3. The number of amides is 1. The summed E-state index contributed by atoms with van der Waals surface area (Å²) in [5, 5.41) is 27.3. The lowest BCUT2D eigenvalue weighted by molar-refractivity contribution is -0.496. The molecule has 2 aliphatic rings. The number of carboxylic acid groups (broad SMARTS) is 1. The minimum atomic E-state index is -1.11. The Hall–Kier alpha value is -4.17. The normalized spacial score (nSPS) is 11.8. The van der Waals surface area contributed by atoms with Gasteiger partial charge in [-0.3, -0.25) is 4.79 Å². The zero-order valence-electron chi connectivity index (χ0n) is 24.3. The van der Waals surface area contributed by atoms with Gasteiger partial charge >= 0.3 is 5.97 Å². The van der Waals surface area contributed by atoms with Gasteiger partial charge in [-0.2, -0.15) is 0 Å². The van der Waals surface area contributed by atoms with Gasteiger partial charge in [-0.05, 0) is 75.9 Å². The number of hydrogen-bond acceptors (Lipinski definition) is 5. The average molecular weight is 559 g/mol. The van der Waals surface area contributed by atoms with Crippen molar-refractivity contribution in [3.63, 3.8) is 0 Å². The zero-order valence-corrected chi connectivity index (χ0v) is 24.3. The molecular formula is C33H40N3O5+. The highest BCUT2D eigenvalue weighted by Crippen LogP contribution is 2.43. The maximum Gasteiger partial charge on any atom is 0.336 e. The maximum atomic E-state index is 12.9. The first kappa shape index (κ1) is 29.8. The largest absolute Gasteiger partial charge is 0.478 e. The van der Waals surface area contributed by atoms with Crippen molar-refractivity contribution in [1.82, 2.24) is 5.32 Å². The number of hydrogen-bond donors (Lipinski definition) is 5. The number of aryl methyl sites for hydroxylation is 2. The molecule has 8 heteroatoms. The second kappa shape index (κ2) is 13.5. The Kier molecular flexibility index (Phi) is 9.78. The van der Waals surface area contributed by atoms with Crippen LogP contribution in [0.3, 0.4) is 0 Å². The van der Waals surface area contributed by atoms with Crippen LogP contribution in [0.2, 0.25) is 0 Å². The van der Waals surface area contributed by atoms with Crippen molar-refractivity contribution in [3.8, 4) is 22.5 Å². The lowest BCUT2D eigenvalue weighted by atomic mass is 9.88. The van der Waals surface area contributed by atoms with Crippen molar-refractivity contribution < 1.29 is 29.2 Å². The Morgan fingerprint density at radius 2 is 1.71 bits per heavy atom. The Morgan fingerprint density at radius 3 is 2.41 bits per heavy atom. The highest BCUT2D eigenvalue weighted by molar-refractivity contribution is 6.09. The predicted molar refractivity (Wildman–Crippen MR) is 161 cm³/mol. The first-order valence-corrected chi connectivity index (χ1v) is 14.4. The number of nitrogens with one attached hydrogen (secondary N) is 3. The first-order chi connectivity index (χ1) is 19.8. The molecule has 0 aromatic heterocycles. The van der Waals surface area contributed by atoms with E-state index in [1.165, 1.54) is 6.07 Å². The summed E-state index contributed by atoms with van der Waals surface area (Å²) in [6.45, 7) is 10.3. The van der Waals surface area contributed by atoms with Gasteiger partial charge in [0.2, 0.25) is 5.36 Å². The third-order valence-corrected chi connectivity index (χ3v) is 7.30. The Bertz CT molecular complexity index is 1610. The van der Waals surface area contributed by atoms with E-state index in [-0.39, 0.29) is 18.1 Å². The van der Waals surface area contributed by atoms with Gasteiger partial charge in [-0.15, -0.1) is 0 Å². The van der Waals surface area contributed by atoms with Gasteiger partial charge in [-0.25, -0.2) is 9.79 Å². The lowest BCUT2D eigenvalue weighted by Gasteiger charge is -2.19. The average Bonchev–Trinajstić information content (AvgIpc) is 2.95. The Morgan fingerprint density at radius 1 is 0.927 bits per heavy atom. The van der Waals surface area contributed by atoms with Crippen LogP contribution in [0.4, 0.5) is 5.69 Å². The number of aliphatic hydroxyl groups is 1. The highest BCUT2D eigenvalue weighted by Gasteiger charge is 2.24. The molecule has 4 rings (SSSR count). The van der Waals surface area contributed by atoms with E-state index in [1.807, 2.05) is 52.0 Å². The molecular weight excluding hydrogens is 518 g/mol. The monoisotopic (exact) mass is 558 g/mol. The van der Waals surface area contributed by atoms with Crippen LogP contribution < -0.4 is 21.0 Å². The van der Waals surface area contributed by atoms with E-state index >= 15 is 0 Å². The van der Waals surface area contributed by atoms with Gasteiger partial charge in [0, 0.05) is 59.1 Å². The van der Waals surface area contributed by atoms with E-state index in [2.05, 4.69) is 15.6 Å². The van der Waals surface area contributed by atoms with Gasteiger partial charge in [0.25, 0.3) is 5.91 Å². The molecule has 0 fully saturated rings. The van der Waals surface area contributed by atoms with Crippen molar-refractivity contribution in [2.75, 3.05) is 31.6 Å². The molecule has 1 aliphatic heterocycles. The fourth-order valence-electron chi connectivity index (χ4n) is 5.23. The van der Waals surface area contributed by atoms with E-state index in [0.29, 0.717) is 29.0 Å². The minimum absolute atomic E-state index is 0.0521. The van der Waals surface area contributed by atoms with Gasteiger partial charge in [0.05, 0.1) is 11.6 Å². The van der Waals surface area contributed by atoms with Crippen LogP contribution in [-0.2, 0) is 0 Å².